The Labute approximate surface area is 123 Å². The van der Waals surface area contributed by atoms with Gasteiger partial charge in [-0.1, -0.05) is 22.9 Å². The second kappa shape index (κ2) is 6.53. The highest BCUT2D eigenvalue weighted by Crippen LogP contribution is 2.19. The summed E-state index contributed by atoms with van der Waals surface area (Å²) in [7, 11) is 0. The standard InChI is InChI=1S/C15H21BrN2O/c1-11-5-7-18(8-6-11)10-15(19)17-13-3-4-14(16)12(2)9-13/h3-4,9,11H,5-8,10H2,1-2H3,(H,17,19)/p+1. The number of anilines is 1. The Balaban J connectivity index is 1.85. The number of likely N-dealkylation sites (tertiary alicyclic amines) is 1. The van der Waals surface area contributed by atoms with Crippen molar-refractivity contribution >= 4 is 27.5 Å². The van der Waals surface area contributed by atoms with Crippen molar-refractivity contribution in [1.82, 2.24) is 0 Å². The van der Waals surface area contributed by atoms with E-state index in [0.717, 1.165) is 34.7 Å². The number of hydrogen-bond acceptors (Lipinski definition) is 1. The van der Waals surface area contributed by atoms with Crippen LogP contribution in [-0.4, -0.2) is 25.5 Å². The van der Waals surface area contributed by atoms with Gasteiger partial charge in [0.05, 0.1) is 13.1 Å². The Morgan fingerprint density at radius 2 is 2.11 bits per heavy atom. The van der Waals surface area contributed by atoms with Gasteiger partial charge in [0.15, 0.2) is 6.54 Å². The van der Waals surface area contributed by atoms with Crippen molar-refractivity contribution in [2.24, 2.45) is 5.92 Å². The van der Waals surface area contributed by atoms with Crippen LogP contribution in [0.3, 0.4) is 0 Å². The van der Waals surface area contributed by atoms with Crippen molar-refractivity contribution in [2.45, 2.75) is 26.7 Å². The Hall–Kier alpha value is -0.870. The van der Waals surface area contributed by atoms with E-state index in [1.807, 2.05) is 25.1 Å². The average Bonchev–Trinajstić information content (AvgIpc) is 2.37. The van der Waals surface area contributed by atoms with E-state index in [9.17, 15) is 4.79 Å². The van der Waals surface area contributed by atoms with E-state index in [-0.39, 0.29) is 5.91 Å². The molecule has 0 radical (unpaired) electrons. The van der Waals surface area contributed by atoms with Gasteiger partial charge in [0.1, 0.15) is 0 Å². The highest BCUT2D eigenvalue weighted by atomic mass is 79.9. The van der Waals surface area contributed by atoms with E-state index < -0.39 is 0 Å². The molecule has 0 saturated carbocycles. The van der Waals surface area contributed by atoms with Gasteiger partial charge in [-0.2, -0.15) is 0 Å². The summed E-state index contributed by atoms with van der Waals surface area (Å²) in [6.07, 6.45) is 2.47. The second-order valence-electron chi connectivity index (χ2n) is 5.62. The van der Waals surface area contributed by atoms with Crippen molar-refractivity contribution in [1.29, 1.82) is 0 Å². The predicted molar refractivity (Wildman–Crippen MR) is 81.5 cm³/mol. The van der Waals surface area contributed by atoms with Gasteiger partial charge in [0.25, 0.3) is 5.91 Å². The number of piperidine rings is 1. The highest BCUT2D eigenvalue weighted by Gasteiger charge is 2.21. The van der Waals surface area contributed by atoms with Crippen LogP contribution < -0.4 is 10.2 Å². The second-order valence-corrected chi connectivity index (χ2v) is 6.48. The number of hydrogen-bond donors (Lipinski definition) is 2. The zero-order chi connectivity index (χ0) is 13.8. The highest BCUT2D eigenvalue weighted by molar-refractivity contribution is 9.10. The maximum Gasteiger partial charge on any atom is 0.279 e. The molecule has 1 aliphatic rings. The number of carbonyl (C=O) groups is 1. The Kier molecular flexibility index (Phi) is 4.99. The largest absolute Gasteiger partial charge is 0.327 e. The molecular weight excluding hydrogens is 304 g/mol. The van der Waals surface area contributed by atoms with Crippen molar-refractivity contribution in [3.05, 3.63) is 28.2 Å². The zero-order valence-corrected chi connectivity index (χ0v) is 13.2. The van der Waals surface area contributed by atoms with Gasteiger partial charge in [-0.3, -0.25) is 4.79 Å². The zero-order valence-electron chi connectivity index (χ0n) is 11.6. The number of benzene rings is 1. The third kappa shape index (κ3) is 4.32. The summed E-state index contributed by atoms with van der Waals surface area (Å²) in [5.41, 5.74) is 2.02. The summed E-state index contributed by atoms with van der Waals surface area (Å²) in [6, 6.07) is 5.90. The van der Waals surface area contributed by atoms with E-state index >= 15 is 0 Å². The maximum atomic E-state index is 12.0. The smallest absolute Gasteiger partial charge is 0.279 e. The van der Waals surface area contributed by atoms with Crippen molar-refractivity contribution in [2.75, 3.05) is 25.0 Å². The van der Waals surface area contributed by atoms with E-state index in [0.29, 0.717) is 6.54 Å². The first-order valence-corrected chi connectivity index (χ1v) is 7.73. The van der Waals surface area contributed by atoms with Crippen molar-refractivity contribution in [3.8, 4) is 0 Å². The van der Waals surface area contributed by atoms with E-state index in [1.54, 1.807) is 0 Å². The molecule has 19 heavy (non-hydrogen) atoms. The van der Waals surface area contributed by atoms with Crippen LogP contribution in [0.15, 0.2) is 22.7 Å². The molecule has 1 aromatic carbocycles. The number of halogens is 1. The molecule has 1 amide bonds. The van der Waals surface area contributed by atoms with E-state index in [4.69, 9.17) is 0 Å². The lowest BCUT2D eigenvalue weighted by Gasteiger charge is -2.26. The average molecular weight is 326 g/mol. The Bertz CT molecular complexity index is 453. The number of amides is 1. The third-order valence-corrected chi connectivity index (χ3v) is 4.72. The summed E-state index contributed by atoms with van der Waals surface area (Å²) in [4.78, 5) is 13.4. The normalized spacial score (nSPS) is 23.1. The Morgan fingerprint density at radius 1 is 1.42 bits per heavy atom. The number of nitrogens with one attached hydrogen (secondary N) is 2. The Morgan fingerprint density at radius 3 is 2.74 bits per heavy atom. The fraction of sp³-hybridized carbons (Fsp3) is 0.533. The minimum absolute atomic E-state index is 0.117. The first-order chi connectivity index (χ1) is 9.04. The molecule has 1 fully saturated rings. The minimum Gasteiger partial charge on any atom is -0.327 e. The van der Waals surface area contributed by atoms with E-state index in [1.165, 1.54) is 17.7 Å². The minimum atomic E-state index is 0.117. The van der Waals surface area contributed by atoms with Gasteiger partial charge in [-0.25, -0.2) is 0 Å². The number of carbonyl (C=O) groups excluding carboxylic acids is 1. The summed E-state index contributed by atoms with van der Waals surface area (Å²) < 4.78 is 1.07. The molecule has 1 aliphatic heterocycles. The van der Waals surface area contributed by atoms with Gasteiger partial charge >= 0.3 is 0 Å². The SMILES string of the molecule is Cc1cc(NC(=O)C[NH+]2CCC(C)CC2)ccc1Br. The molecule has 3 nitrogen and oxygen atoms in total. The molecule has 104 valence electrons. The van der Waals surface area contributed by atoms with Crippen molar-refractivity contribution < 1.29 is 9.69 Å². The summed E-state index contributed by atoms with van der Waals surface area (Å²) in [6.45, 7) is 7.14. The molecule has 1 saturated heterocycles. The van der Waals surface area contributed by atoms with Gasteiger partial charge in [-0.15, -0.1) is 0 Å². The third-order valence-electron chi connectivity index (χ3n) is 3.83. The van der Waals surface area contributed by atoms with Gasteiger partial charge in [-0.05, 0) is 49.4 Å². The van der Waals surface area contributed by atoms with Gasteiger partial charge in [0, 0.05) is 10.2 Å². The quantitative estimate of drug-likeness (QED) is 0.875. The topological polar surface area (TPSA) is 33.5 Å². The molecule has 0 atom stereocenters. The molecule has 0 bridgehead atoms. The lowest BCUT2D eigenvalue weighted by Crippen LogP contribution is -3.14. The monoisotopic (exact) mass is 325 g/mol. The maximum absolute atomic E-state index is 12.0. The molecular formula is C15H22BrN2O+. The first kappa shape index (κ1) is 14.5. The van der Waals surface area contributed by atoms with Crippen LogP contribution in [0, 0.1) is 12.8 Å². The van der Waals surface area contributed by atoms with Gasteiger partial charge in [0.2, 0.25) is 0 Å². The van der Waals surface area contributed by atoms with Crippen LogP contribution in [0.25, 0.3) is 0 Å². The van der Waals surface area contributed by atoms with Gasteiger partial charge < -0.3 is 10.2 Å². The number of aryl methyl sites for hydroxylation is 1. The molecule has 0 spiro atoms. The molecule has 1 heterocycles. The van der Waals surface area contributed by atoms with Crippen LogP contribution in [0.2, 0.25) is 0 Å². The number of quaternary nitrogens is 1. The van der Waals surface area contributed by atoms with Crippen LogP contribution in [0.4, 0.5) is 5.69 Å². The van der Waals surface area contributed by atoms with Crippen molar-refractivity contribution in [3.63, 3.8) is 0 Å². The summed E-state index contributed by atoms with van der Waals surface area (Å²) >= 11 is 3.46. The lowest BCUT2D eigenvalue weighted by molar-refractivity contribution is -0.897. The summed E-state index contributed by atoms with van der Waals surface area (Å²) in [5, 5.41) is 2.99. The van der Waals surface area contributed by atoms with Crippen LogP contribution in [0.5, 0.6) is 0 Å². The van der Waals surface area contributed by atoms with Crippen LogP contribution >= 0.6 is 15.9 Å². The molecule has 0 unspecified atom stereocenters. The fourth-order valence-corrected chi connectivity index (χ4v) is 2.75. The molecule has 0 aliphatic carbocycles. The fourth-order valence-electron chi connectivity index (χ4n) is 2.50. The number of rotatable bonds is 3. The molecule has 2 N–H and O–H groups in total. The van der Waals surface area contributed by atoms with E-state index in [2.05, 4.69) is 28.2 Å². The molecule has 4 heteroatoms. The predicted octanol–water partition coefficient (Wildman–Crippen LogP) is 2.01. The molecule has 1 aromatic rings. The molecule has 0 aromatic heterocycles. The summed E-state index contributed by atoms with van der Waals surface area (Å²) in [5.74, 6) is 0.937. The first-order valence-electron chi connectivity index (χ1n) is 6.94. The lowest BCUT2D eigenvalue weighted by atomic mass is 9.99. The van der Waals surface area contributed by atoms with Crippen LogP contribution in [0.1, 0.15) is 25.3 Å². The molecule has 2 rings (SSSR count). The van der Waals surface area contributed by atoms with Crippen LogP contribution in [-0.2, 0) is 4.79 Å².